The van der Waals surface area contributed by atoms with Gasteiger partial charge in [-0.25, -0.2) is 9.58 Å². The van der Waals surface area contributed by atoms with Crippen molar-refractivity contribution in [1.82, 2.24) is 9.36 Å². The molecule has 0 atom stereocenters. The Kier molecular flexibility index (Phi) is 6.24. The van der Waals surface area contributed by atoms with Gasteiger partial charge >= 0.3 is 0 Å². The number of nitrogens with zero attached hydrogens (tertiary/aromatic N) is 3. The number of carbonyl (C=O) groups is 2. The van der Waals surface area contributed by atoms with Crippen LogP contribution in [0.15, 0.2) is 70.1 Å². The van der Waals surface area contributed by atoms with Gasteiger partial charge in [-0.05, 0) is 49.6 Å². The molecule has 1 aliphatic heterocycles. The van der Waals surface area contributed by atoms with E-state index in [1.807, 2.05) is 42.5 Å². The maximum atomic E-state index is 13.2. The summed E-state index contributed by atoms with van der Waals surface area (Å²) in [5.74, 6) is -1.22. The number of imide groups is 1. The number of hydrogen-bond acceptors (Lipinski definition) is 4. The SMILES string of the molecule is CCCCc1ccc(N2C(=O)C(Cl)=C(Nc3c(C)n(C)n(-c4ccccc4)c3=O)C2=O)cc1. The highest BCUT2D eigenvalue weighted by Crippen LogP contribution is 2.30. The molecule has 3 aromatic rings. The lowest BCUT2D eigenvalue weighted by Gasteiger charge is -2.15. The molecule has 0 fully saturated rings. The number of unbranched alkanes of at least 4 members (excludes halogenated alkanes) is 1. The summed E-state index contributed by atoms with van der Waals surface area (Å²) in [5.41, 5.74) is 2.58. The zero-order chi connectivity index (χ0) is 23.7. The fourth-order valence-electron chi connectivity index (χ4n) is 3.88. The van der Waals surface area contributed by atoms with E-state index in [0.717, 1.165) is 29.7 Å². The topological polar surface area (TPSA) is 76.3 Å². The molecule has 0 bridgehead atoms. The van der Waals surface area contributed by atoms with Gasteiger partial charge in [-0.1, -0.05) is 55.3 Å². The van der Waals surface area contributed by atoms with E-state index in [0.29, 0.717) is 17.1 Å². The summed E-state index contributed by atoms with van der Waals surface area (Å²) in [6.07, 6.45) is 3.09. The number of halogens is 1. The van der Waals surface area contributed by atoms with E-state index < -0.39 is 11.8 Å². The van der Waals surface area contributed by atoms with Crippen molar-refractivity contribution in [3.63, 3.8) is 0 Å². The van der Waals surface area contributed by atoms with Crippen LogP contribution < -0.4 is 15.8 Å². The van der Waals surface area contributed by atoms with Crippen LogP contribution in [0.25, 0.3) is 5.69 Å². The van der Waals surface area contributed by atoms with E-state index in [-0.39, 0.29) is 22.0 Å². The molecule has 0 saturated heterocycles. The number of nitrogens with one attached hydrogen (secondary N) is 1. The van der Waals surface area contributed by atoms with Crippen LogP contribution in [-0.2, 0) is 23.1 Å². The van der Waals surface area contributed by atoms with Crippen molar-refractivity contribution >= 4 is 34.8 Å². The third-order valence-corrected chi connectivity index (χ3v) is 6.20. The van der Waals surface area contributed by atoms with Crippen molar-refractivity contribution in [3.05, 3.63) is 86.9 Å². The third kappa shape index (κ3) is 4.00. The van der Waals surface area contributed by atoms with Crippen molar-refractivity contribution in [1.29, 1.82) is 0 Å². The smallest absolute Gasteiger partial charge is 0.295 e. The molecule has 7 nitrogen and oxygen atoms in total. The Morgan fingerprint density at radius 3 is 2.21 bits per heavy atom. The second-order valence-corrected chi connectivity index (χ2v) is 8.34. The van der Waals surface area contributed by atoms with E-state index in [4.69, 9.17) is 11.6 Å². The number of benzene rings is 2. The van der Waals surface area contributed by atoms with Gasteiger partial charge < -0.3 is 5.32 Å². The number of rotatable bonds is 7. The highest BCUT2D eigenvalue weighted by Gasteiger charge is 2.39. The van der Waals surface area contributed by atoms with E-state index in [9.17, 15) is 14.4 Å². The van der Waals surface area contributed by atoms with Crippen molar-refractivity contribution < 1.29 is 9.59 Å². The Balaban J connectivity index is 1.64. The van der Waals surface area contributed by atoms with Crippen LogP contribution >= 0.6 is 11.6 Å². The number of aryl methyl sites for hydroxylation is 1. The predicted molar refractivity (Wildman–Crippen MR) is 130 cm³/mol. The van der Waals surface area contributed by atoms with Gasteiger partial charge in [-0.2, -0.15) is 0 Å². The summed E-state index contributed by atoms with van der Waals surface area (Å²) in [7, 11) is 1.75. The lowest BCUT2D eigenvalue weighted by molar-refractivity contribution is -0.120. The molecule has 0 saturated carbocycles. The predicted octanol–water partition coefficient (Wildman–Crippen LogP) is 4.26. The first-order valence-corrected chi connectivity index (χ1v) is 11.2. The van der Waals surface area contributed by atoms with Crippen LogP contribution in [0.3, 0.4) is 0 Å². The molecule has 1 aliphatic rings. The second-order valence-electron chi connectivity index (χ2n) is 7.97. The molecule has 0 aliphatic carbocycles. The van der Waals surface area contributed by atoms with Gasteiger partial charge in [0.05, 0.1) is 17.1 Å². The number of carbonyl (C=O) groups excluding carboxylic acids is 2. The van der Waals surface area contributed by atoms with Gasteiger partial charge in [0.1, 0.15) is 16.4 Å². The highest BCUT2D eigenvalue weighted by molar-refractivity contribution is 6.53. The Hall–Kier alpha value is -3.58. The normalized spacial score (nSPS) is 13.9. The van der Waals surface area contributed by atoms with Crippen molar-refractivity contribution in [2.24, 2.45) is 7.05 Å². The standard InChI is InChI=1S/C25H25ClN4O3/c1-4-5-9-17-12-14-18(15-13-17)29-23(31)20(26)22(24(29)32)27-21-16(2)28(3)30(25(21)33)19-10-7-6-8-11-19/h6-8,10-15,27H,4-5,9H2,1-3H3. The average Bonchev–Trinajstić information content (AvgIpc) is 3.17. The first-order valence-electron chi connectivity index (χ1n) is 10.8. The van der Waals surface area contributed by atoms with Gasteiger partial charge in [-0.15, -0.1) is 0 Å². The fourth-order valence-corrected chi connectivity index (χ4v) is 4.09. The molecule has 1 N–H and O–H groups in total. The number of amides is 2. The maximum Gasteiger partial charge on any atom is 0.295 e. The maximum absolute atomic E-state index is 13.2. The number of hydrogen-bond donors (Lipinski definition) is 1. The van der Waals surface area contributed by atoms with Gasteiger partial charge in [0.25, 0.3) is 17.4 Å². The Bertz CT molecular complexity index is 1300. The summed E-state index contributed by atoms with van der Waals surface area (Å²) >= 11 is 6.28. The van der Waals surface area contributed by atoms with E-state index in [1.54, 1.807) is 30.8 Å². The fraction of sp³-hybridized carbons (Fsp3) is 0.240. The summed E-state index contributed by atoms with van der Waals surface area (Å²) < 4.78 is 3.17. The molecular formula is C25H25ClN4O3. The van der Waals surface area contributed by atoms with Crippen molar-refractivity contribution in [3.8, 4) is 5.69 Å². The molecule has 0 unspecified atom stereocenters. The molecule has 2 aromatic carbocycles. The number of anilines is 2. The monoisotopic (exact) mass is 464 g/mol. The molecule has 33 heavy (non-hydrogen) atoms. The molecule has 0 radical (unpaired) electrons. The average molecular weight is 465 g/mol. The lowest BCUT2D eigenvalue weighted by atomic mass is 10.1. The largest absolute Gasteiger partial charge is 0.344 e. The molecule has 0 spiro atoms. The Labute approximate surface area is 196 Å². The highest BCUT2D eigenvalue weighted by atomic mass is 35.5. The minimum absolute atomic E-state index is 0.109. The van der Waals surface area contributed by atoms with Crippen LogP contribution in [0.5, 0.6) is 0 Å². The second kappa shape index (κ2) is 9.11. The molecule has 8 heteroatoms. The molecule has 170 valence electrons. The van der Waals surface area contributed by atoms with E-state index in [2.05, 4.69) is 12.2 Å². The van der Waals surface area contributed by atoms with Crippen LogP contribution in [0.1, 0.15) is 31.0 Å². The molecule has 1 aromatic heterocycles. The number of para-hydroxylation sites is 1. The molecule has 2 heterocycles. The van der Waals surface area contributed by atoms with E-state index >= 15 is 0 Å². The van der Waals surface area contributed by atoms with Gasteiger partial charge in [-0.3, -0.25) is 19.1 Å². The molecule has 2 amide bonds. The van der Waals surface area contributed by atoms with Crippen LogP contribution in [0.2, 0.25) is 0 Å². The lowest BCUT2D eigenvalue weighted by Crippen LogP contribution is -2.32. The first-order chi connectivity index (χ1) is 15.8. The Morgan fingerprint density at radius 1 is 0.909 bits per heavy atom. The van der Waals surface area contributed by atoms with Crippen molar-refractivity contribution in [2.45, 2.75) is 33.1 Å². The van der Waals surface area contributed by atoms with Crippen LogP contribution in [0, 0.1) is 6.92 Å². The number of aromatic nitrogens is 2. The molecular weight excluding hydrogens is 440 g/mol. The minimum Gasteiger partial charge on any atom is -0.344 e. The summed E-state index contributed by atoms with van der Waals surface area (Å²) in [6, 6.07) is 16.5. The third-order valence-electron chi connectivity index (χ3n) is 5.85. The first kappa shape index (κ1) is 22.6. The van der Waals surface area contributed by atoms with Crippen LogP contribution in [-0.4, -0.2) is 21.2 Å². The van der Waals surface area contributed by atoms with Gasteiger partial charge in [0.2, 0.25) is 0 Å². The Morgan fingerprint density at radius 2 is 1.58 bits per heavy atom. The van der Waals surface area contributed by atoms with Crippen molar-refractivity contribution in [2.75, 3.05) is 10.2 Å². The van der Waals surface area contributed by atoms with Crippen LogP contribution in [0.4, 0.5) is 11.4 Å². The summed E-state index contributed by atoms with van der Waals surface area (Å²) in [6.45, 7) is 3.88. The zero-order valence-electron chi connectivity index (χ0n) is 18.8. The van der Waals surface area contributed by atoms with E-state index in [1.165, 1.54) is 4.68 Å². The van der Waals surface area contributed by atoms with Gasteiger partial charge in [0.15, 0.2) is 0 Å². The zero-order valence-corrected chi connectivity index (χ0v) is 19.5. The quantitative estimate of drug-likeness (QED) is 0.530. The minimum atomic E-state index is -0.623. The molecule has 4 rings (SSSR count). The van der Waals surface area contributed by atoms with Gasteiger partial charge in [0, 0.05) is 7.05 Å². The summed E-state index contributed by atoms with van der Waals surface area (Å²) in [5, 5.41) is 2.61. The summed E-state index contributed by atoms with van der Waals surface area (Å²) in [4.78, 5) is 40.2.